The third kappa shape index (κ3) is 4.57. The van der Waals surface area contributed by atoms with E-state index in [1.807, 2.05) is 39.8 Å². The highest BCUT2D eigenvalue weighted by molar-refractivity contribution is 7.91. The number of benzene rings is 1. The van der Waals surface area contributed by atoms with Crippen molar-refractivity contribution in [1.29, 1.82) is 0 Å². The molecule has 0 saturated carbocycles. The Labute approximate surface area is 165 Å². The van der Waals surface area contributed by atoms with E-state index in [-0.39, 0.29) is 24.9 Å². The van der Waals surface area contributed by atoms with Crippen molar-refractivity contribution in [3.05, 3.63) is 28.8 Å². The second kappa shape index (κ2) is 7.84. The number of nitrogens with zero attached hydrogens (tertiary/aromatic N) is 1. The summed E-state index contributed by atoms with van der Waals surface area (Å²) in [5.74, 6) is 0.414. The van der Waals surface area contributed by atoms with Gasteiger partial charge in [-0.3, -0.25) is 0 Å². The zero-order valence-corrected chi connectivity index (χ0v) is 19.1. The van der Waals surface area contributed by atoms with Gasteiger partial charge >= 0.3 is 0 Å². The lowest BCUT2D eigenvalue weighted by molar-refractivity contribution is 0.473. The molecule has 1 aliphatic heterocycles. The Morgan fingerprint density at radius 3 is 1.70 bits per heavy atom. The van der Waals surface area contributed by atoms with Crippen LogP contribution in [0.1, 0.15) is 82.4 Å². The number of hydrogen-bond acceptors (Lipinski definition) is 4. The molecule has 154 valence electrons. The average molecular weight is 416 g/mol. The first-order valence-corrected chi connectivity index (χ1v) is 13.0. The lowest BCUT2D eigenvalue weighted by atomic mass is 9.89. The van der Waals surface area contributed by atoms with Crippen molar-refractivity contribution in [3.63, 3.8) is 0 Å². The zero-order chi connectivity index (χ0) is 20.7. The first-order valence-electron chi connectivity index (χ1n) is 9.63. The Hall–Kier alpha value is -0.920. The molecule has 0 bridgehead atoms. The average Bonchev–Trinajstić information content (AvgIpc) is 3.04. The van der Waals surface area contributed by atoms with Gasteiger partial charge in [-0.2, -0.15) is 4.31 Å². The van der Waals surface area contributed by atoms with E-state index in [2.05, 4.69) is 13.8 Å². The summed E-state index contributed by atoms with van der Waals surface area (Å²) in [6.07, 6.45) is 1.54. The van der Waals surface area contributed by atoms with E-state index >= 15 is 0 Å². The van der Waals surface area contributed by atoms with Gasteiger partial charge in [-0.1, -0.05) is 53.7 Å². The van der Waals surface area contributed by atoms with Gasteiger partial charge in [0.2, 0.25) is 10.0 Å². The van der Waals surface area contributed by atoms with Crippen LogP contribution >= 0.6 is 0 Å². The van der Waals surface area contributed by atoms with Gasteiger partial charge in [-0.15, -0.1) is 0 Å². The highest BCUT2D eigenvalue weighted by Crippen LogP contribution is 2.37. The standard InChI is InChI=1S/C20H33NO4S2/c1-13(2)16-10-18(14(3)4)20(19(11-16)15(5)6)27(24,25)21-9-8-17(12-21)26(7,22)23/h10-11,13-15,17H,8-9,12H2,1-7H3. The molecular formula is C20H33NO4S2. The summed E-state index contributed by atoms with van der Waals surface area (Å²) in [7, 11) is -7.01. The molecule has 0 aliphatic carbocycles. The third-order valence-corrected chi connectivity index (χ3v) is 8.99. The van der Waals surface area contributed by atoms with Crippen LogP contribution in [-0.2, 0) is 19.9 Å². The molecule has 0 aromatic heterocycles. The monoisotopic (exact) mass is 415 g/mol. The van der Waals surface area contributed by atoms with E-state index in [1.54, 1.807) is 0 Å². The second-order valence-electron chi connectivity index (χ2n) is 8.60. The summed E-state index contributed by atoms with van der Waals surface area (Å²) < 4.78 is 52.3. The summed E-state index contributed by atoms with van der Waals surface area (Å²) in [4.78, 5) is 0.381. The zero-order valence-electron chi connectivity index (χ0n) is 17.5. The lowest BCUT2D eigenvalue weighted by Gasteiger charge is -2.26. The molecule has 1 unspecified atom stereocenters. The molecule has 5 nitrogen and oxygen atoms in total. The van der Waals surface area contributed by atoms with Gasteiger partial charge in [-0.25, -0.2) is 16.8 Å². The molecule has 7 heteroatoms. The van der Waals surface area contributed by atoms with Crippen LogP contribution in [0.25, 0.3) is 0 Å². The van der Waals surface area contributed by atoms with Gasteiger partial charge in [0.15, 0.2) is 9.84 Å². The van der Waals surface area contributed by atoms with E-state index in [0.717, 1.165) is 16.7 Å². The summed E-state index contributed by atoms with van der Waals surface area (Å²) in [5, 5.41) is -0.618. The van der Waals surface area contributed by atoms with Crippen molar-refractivity contribution < 1.29 is 16.8 Å². The Kier molecular flexibility index (Phi) is 6.49. The van der Waals surface area contributed by atoms with Crippen molar-refractivity contribution in [2.24, 2.45) is 0 Å². The Morgan fingerprint density at radius 2 is 1.37 bits per heavy atom. The summed E-state index contributed by atoms with van der Waals surface area (Å²) in [6, 6.07) is 4.02. The minimum absolute atomic E-state index is 0.0438. The van der Waals surface area contributed by atoms with Crippen LogP contribution < -0.4 is 0 Å². The predicted octanol–water partition coefficient (Wildman–Crippen LogP) is 3.86. The first-order chi connectivity index (χ1) is 12.3. The highest BCUT2D eigenvalue weighted by atomic mass is 32.2. The SMILES string of the molecule is CC(C)c1cc(C(C)C)c(S(=O)(=O)N2CCC(S(C)(=O)=O)C2)c(C(C)C)c1. The minimum atomic E-state index is -3.76. The normalized spacial score (nSPS) is 19.6. The molecule has 0 radical (unpaired) electrons. The summed E-state index contributed by atoms with van der Waals surface area (Å²) in [5.41, 5.74) is 2.79. The molecular weight excluding hydrogens is 382 g/mol. The summed E-state index contributed by atoms with van der Waals surface area (Å²) >= 11 is 0. The van der Waals surface area contributed by atoms with Gasteiger partial charge in [0.25, 0.3) is 0 Å². The van der Waals surface area contributed by atoms with E-state index in [9.17, 15) is 16.8 Å². The van der Waals surface area contributed by atoms with Crippen molar-refractivity contribution in [2.75, 3.05) is 19.3 Å². The van der Waals surface area contributed by atoms with Crippen molar-refractivity contribution in [1.82, 2.24) is 4.31 Å². The van der Waals surface area contributed by atoms with Gasteiger partial charge in [-0.05, 0) is 40.9 Å². The lowest BCUT2D eigenvalue weighted by Crippen LogP contribution is -2.33. The molecule has 1 aromatic rings. The van der Waals surface area contributed by atoms with Crippen LogP contribution in [0.2, 0.25) is 0 Å². The van der Waals surface area contributed by atoms with Crippen LogP contribution in [0.5, 0.6) is 0 Å². The van der Waals surface area contributed by atoms with Crippen LogP contribution in [-0.4, -0.2) is 45.7 Å². The van der Waals surface area contributed by atoms with Gasteiger partial charge < -0.3 is 0 Å². The maximum Gasteiger partial charge on any atom is 0.243 e. The first kappa shape index (κ1) is 22.4. The third-order valence-electron chi connectivity index (χ3n) is 5.39. The molecule has 0 spiro atoms. The fourth-order valence-corrected chi connectivity index (χ4v) is 6.83. The largest absolute Gasteiger partial charge is 0.243 e. The number of sulfonamides is 1. The van der Waals surface area contributed by atoms with Gasteiger partial charge in [0.05, 0.1) is 10.1 Å². The molecule has 1 fully saturated rings. The quantitative estimate of drug-likeness (QED) is 0.707. The van der Waals surface area contributed by atoms with Crippen LogP contribution in [0, 0.1) is 0 Å². The van der Waals surface area contributed by atoms with Gasteiger partial charge in [0.1, 0.15) is 0 Å². The minimum Gasteiger partial charge on any atom is -0.229 e. The van der Waals surface area contributed by atoms with Crippen molar-refractivity contribution in [3.8, 4) is 0 Å². The maximum absolute atomic E-state index is 13.6. The van der Waals surface area contributed by atoms with E-state index in [4.69, 9.17) is 0 Å². The molecule has 2 rings (SSSR count). The molecule has 0 amide bonds. The molecule has 1 saturated heterocycles. The van der Waals surface area contributed by atoms with E-state index < -0.39 is 25.1 Å². The molecule has 1 heterocycles. The van der Waals surface area contributed by atoms with Crippen molar-refractivity contribution in [2.45, 2.75) is 75.9 Å². The number of rotatable bonds is 6. The molecule has 0 N–H and O–H groups in total. The number of sulfone groups is 1. The fourth-order valence-electron chi connectivity index (χ4n) is 3.58. The number of hydrogen-bond donors (Lipinski definition) is 0. The Bertz CT molecular complexity index is 871. The smallest absolute Gasteiger partial charge is 0.229 e. The van der Waals surface area contributed by atoms with E-state index in [1.165, 1.54) is 10.6 Å². The maximum atomic E-state index is 13.6. The van der Waals surface area contributed by atoms with Crippen LogP contribution in [0.4, 0.5) is 0 Å². The van der Waals surface area contributed by atoms with Crippen molar-refractivity contribution >= 4 is 19.9 Å². The molecule has 27 heavy (non-hydrogen) atoms. The Morgan fingerprint density at radius 1 is 0.889 bits per heavy atom. The van der Waals surface area contributed by atoms with E-state index in [0.29, 0.717) is 17.2 Å². The predicted molar refractivity (Wildman–Crippen MR) is 111 cm³/mol. The second-order valence-corrected chi connectivity index (χ2v) is 12.8. The topological polar surface area (TPSA) is 71.5 Å². The summed E-state index contributed by atoms with van der Waals surface area (Å²) in [6.45, 7) is 12.5. The fraction of sp³-hybridized carbons (Fsp3) is 0.700. The Balaban J connectivity index is 2.65. The molecule has 1 aliphatic rings. The molecule has 1 aromatic carbocycles. The van der Waals surface area contributed by atoms with Crippen LogP contribution in [0.3, 0.4) is 0 Å². The van der Waals surface area contributed by atoms with Crippen LogP contribution in [0.15, 0.2) is 17.0 Å². The van der Waals surface area contributed by atoms with Gasteiger partial charge in [0, 0.05) is 19.3 Å². The molecule has 1 atom stereocenters. The highest BCUT2D eigenvalue weighted by Gasteiger charge is 2.39.